The zero-order valence-corrected chi connectivity index (χ0v) is 23.9. The van der Waals surface area contributed by atoms with Gasteiger partial charge < -0.3 is 25.2 Å². The molecule has 210 valence electrons. The predicted octanol–water partition coefficient (Wildman–Crippen LogP) is 4.31. The molecule has 2 saturated heterocycles. The summed E-state index contributed by atoms with van der Waals surface area (Å²) in [6, 6.07) is 18.7. The van der Waals surface area contributed by atoms with E-state index in [0.29, 0.717) is 37.5 Å². The third kappa shape index (κ3) is 5.48. The van der Waals surface area contributed by atoms with Crippen LogP contribution in [0.4, 0.5) is 4.79 Å². The standard InChI is InChI=1S/C31H36N4O4S/c1-20(2)33-31(38)35-27(24-10-7-19-40-24)26(29(36)22-11-13-23(39-3)14-12-22)25(21-8-5-4-6-9-21)28(35)30(37)34-17-15-32-16-18-34/h4-14,19-20,25-28,32H,15-18H2,1-3H3,(H,33,38). The maximum Gasteiger partial charge on any atom is 0.318 e. The first-order valence-corrected chi connectivity index (χ1v) is 14.6. The molecule has 2 N–H and O–H groups in total. The van der Waals surface area contributed by atoms with Gasteiger partial charge in [-0.15, -0.1) is 11.3 Å². The predicted molar refractivity (Wildman–Crippen MR) is 156 cm³/mol. The van der Waals surface area contributed by atoms with Crippen LogP contribution in [-0.2, 0) is 4.79 Å². The first-order valence-electron chi connectivity index (χ1n) is 13.8. The number of benzene rings is 2. The molecule has 2 aliphatic rings. The summed E-state index contributed by atoms with van der Waals surface area (Å²) in [5.74, 6) is -0.789. The van der Waals surface area contributed by atoms with Gasteiger partial charge in [0.15, 0.2) is 5.78 Å². The third-order valence-electron chi connectivity index (χ3n) is 7.69. The summed E-state index contributed by atoms with van der Waals surface area (Å²) in [6.45, 7) is 6.28. The molecule has 1 aromatic heterocycles. The minimum absolute atomic E-state index is 0.104. The lowest BCUT2D eigenvalue weighted by molar-refractivity contribution is -0.136. The van der Waals surface area contributed by atoms with Crippen molar-refractivity contribution < 1.29 is 19.1 Å². The quantitative estimate of drug-likeness (QED) is 0.420. The minimum atomic E-state index is -0.849. The van der Waals surface area contributed by atoms with Crippen molar-refractivity contribution in [2.24, 2.45) is 5.92 Å². The van der Waals surface area contributed by atoms with Gasteiger partial charge in [-0.1, -0.05) is 36.4 Å². The van der Waals surface area contributed by atoms with Crippen molar-refractivity contribution in [3.05, 3.63) is 88.1 Å². The van der Waals surface area contributed by atoms with Crippen molar-refractivity contribution in [3.63, 3.8) is 0 Å². The van der Waals surface area contributed by atoms with Crippen LogP contribution in [0, 0.1) is 5.92 Å². The highest BCUT2D eigenvalue weighted by atomic mass is 32.1. The second kappa shape index (κ2) is 12.2. The number of Topliss-reactive ketones (excluding diaryl/α,β-unsaturated/α-hetero) is 1. The number of carbonyl (C=O) groups is 3. The number of hydrogen-bond acceptors (Lipinski definition) is 6. The number of nitrogens with zero attached hydrogens (tertiary/aromatic N) is 2. The number of rotatable bonds is 7. The summed E-state index contributed by atoms with van der Waals surface area (Å²) in [4.78, 5) is 47.4. The molecule has 4 unspecified atom stereocenters. The normalized spacial score (nSPS) is 22.8. The lowest BCUT2D eigenvalue weighted by Gasteiger charge is -2.36. The SMILES string of the molecule is COc1ccc(C(=O)C2C(c3ccccc3)C(C(=O)N3CCNCC3)N(C(=O)NC(C)C)C2c2cccs2)cc1. The summed E-state index contributed by atoms with van der Waals surface area (Å²) in [5.41, 5.74) is 1.39. The maximum absolute atomic E-state index is 14.5. The Balaban J connectivity index is 1.70. The van der Waals surface area contributed by atoms with Crippen LogP contribution in [0.1, 0.15) is 46.6 Å². The third-order valence-corrected chi connectivity index (χ3v) is 8.63. The molecule has 3 amide bonds. The highest BCUT2D eigenvalue weighted by Crippen LogP contribution is 2.52. The zero-order chi connectivity index (χ0) is 28.2. The van der Waals surface area contributed by atoms with Crippen LogP contribution in [0.5, 0.6) is 5.75 Å². The number of thiophene rings is 1. The van der Waals surface area contributed by atoms with Gasteiger partial charge in [0.2, 0.25) is 5.91 Å². The molecule has 0 saturated carbocycles. The Morgan fingerprint density at radius 1 is 0.975 bits per heavy atom. The lowest BCUT2D eigenvalue weighted by Crippen LogP contribution is -2.56. The van der Waals surface area contributed by atoms with Crippen LogP contribution >= 0.6 is 11.3 Å². The Morgan fingerprint density at radius 3 is 2.27 bits per heavy atom. The van der Waals surface area contributed by atoms with E-state index < -0.39 is 23.9 Å². The number of ketones is 1. The number of nitrogens with one attached hydrogen (secondary N) is 2. The molecule has 8 nitrogen and oxygen atoms in total. The fourth-order valence-electron chi connectivity index (χ4n) is 5.92. The number of urea groups is 1. The molecule has 0 aliphatic carbocycles. The summed E-state index contributed by atoms with van der Waals surface area (Å²) in [6.07, 6.45) is 0. The minimum Gasteiger partial charge on any atom is -0.497 e. The van der Waals surface area contributed by atoms with Crippen molar-refractivity contribution in [1.82, 2.24) is 20.4 Å². The van der Waals surface area contributed by atoms with Crippen LogP contribution in [0.3, 0.4) is 0 Å². The van der Waals surface area contributed by atoms with E-state index in [9.17, 15) is 14.4 Å². The molecule has 0 bridgehead atoms. The zero-order valence-electron chi connectivity index (χ0n) is 23.1. The van der Waals surface area contributed by atoms with Crippen molar-refractivity contribution in [2.75, 3.05) is 33.3 Å². The number of methoxy groups -OCH3 is 1. The van der Waals surface area contributed by atoms with Crippen molar-refractivity contribution in [2.45, 2.75) is 37.9 Å². The average molecular weight is 561 g/mol. The van der Waals surface area contributed by atoms with Crippen molar-refractivity contribution >= 4 is 29.1 Å². The highest BCUT2D eigenvalue weighted by Gasteiger charge is 2.58. The van der Waals surface area contributed by atoms with E-state index >= 15 is 0 Å². The van der Waals surface area contributed by atoms with Gasteiger partial charge in [-0.2, -0.15) is 0 Å². The number of amides is 3. The van der Waals surface area contributed by atoms with Gasteiger partial charge in [0.05, 0.1) is 19.1 Å². The number of ether oxygens (including phenoxy) is 1. The van der Waals surface area contributed by atoms with Gasteiger partial charge >= 0.3 is 6.03 Å². The second-order valence-corrected chi connectivity index (χ2v) is 11.5. The molecule has 40 heavy (non-hydrogen) atoms. The van der Waals surface area contributed by atoms with Crippen LogP contribution < -0.4 is 15.4 Å². The summed E-state index contributed by atoms with van der Waals surface area (Å²) in [5, 5.41) is 8.28. The summed E-state index contributed by atoms with van der Waals surface area (Å²) < 4.78 is 5.32. The van der Waals surface area contributed by atoms with Crippen molar-refractivity contribution in [3.8, 4) is 5.75 Å². The first kappa shape index (κ1) is 27.9. The Labute approximate surface area is 239 Å². The molecular weight excluding hydrogens is 524 g/mol. The maximum atomic E-state index is 14.5. The lowest BCUT2D eigenvalue weighted by atomic mass is 9.77. The number of carbonyl (C=O) groups excluding carboxylic acids is 3. The Bertz CT molecular complexity index is 1310. The Kier molecular flexibility index (Phi) is 8.52. The first-order chi connectivity index (χ1) is 19.4. The van der Waals surface area contributed by atoms with E-state index in [1.54, 1.807) is 36.3 Å². The van der Waals surface area contributed by atoms with Gasteiger partial charge in [0.1, 0.15) is 11.8 Å². The fourth-order valence-corrected chi connectivity index (χ4v) is 6.79. The molecule has 2 fully saturated rings. The van der Waals surface area contributed by atoms with E-state index in [1.807, 2.05) is 66.6 Å². The monoisotopic (exact) mass is 560 g/mol. The summed E-state index contributed by atoms with van der Waals surface area (Å²) >= 11 is 1.50. The van der Waals surface area contributed by atoms with Crippen LogP contribution in [-0.4, -0.2) is 72.9 Å². The number of hydrogen-bond donors (Lipinski definition) is 2. The average Bonchev–Trinajstić information content (AvgIpc) is 3.63. The van der Waals surface area contributed by atoms with E-state index in [2.05, 4.69) is 10.6 Å². The number of piperazine rings is 1. The molecular formula is C31H36N4O4S. The molecule has 9 heteroatoms. The topological polar surface area (TPSA) is 91.0 Å². The Morgan fingerprint density at radius 2 is 1.68 bits per heavy atom. The van der Waals surface area contributed by atoms with Crippen LogP contribution in [0.2, 0.25) is 0 Å². The molecule has 0 radical (unpaired) electrons. The second-order valence-electron chi connectivity index (χ2n) is 10.5. The van der Waals surface area contributed by atoms with Crippen LogP contribution in [0.25, 0.3) is 0 Å². The smallest absolute Gasteiger partial charge is 0.318 e. The molecule has 0 spiro atoms. The molecule has 2 aliphatic heterocycles. The molecule has 5 rings (SSSR count). The van der Waals surface area contributed by atoms with E-state index in [0.717, 1.165) is 10.4 Å². The van der Waals surface area contributed by atoms with Gasteiger partial charge in [0, 0.05) is 48.6 Å². The van der Waals surface area contributed by atoms with Crippen molar-refractivity contribution in [1.29, 1.82) is 0 Å². The molecule has 3 heterocycles. The van der Waals surface area contributed by atoms with E-state index in [-0.39, 0.29) is 23.8 Å². The van der Waals surface area contributed by atoms with E-state index in [4.69, 9.17) is 4.74 Å². The fraction of sp³-hybridized carbons (Fsp3) is 0.387. The Hall–Kier alpha value is -3.69. The van der Waals surface area contributed by atoms with Gasteiger partial charge in [-0.05, 0) is 55.1 Å². The molecule has 3 aromatic rings. The van der Waals surface area contributed by atoms with Gasteiger partial charge in [0.25, 0.3) is 0 Å². The molecule has 2 aromatic carbocycles. The van der Waals surface area contributed by atoms with Crippen LogP contribution in [0.15, 0.2) is 72.1 Å². The van der Waals surface area contributed by atoms with E-state index in [1.165, 1.54) is 11.3 Å². The largest absolute Gasteiger partial charge is 0.497 e. The van der Waals surface area contributed by atoms with Gasteiger partial charge in [-0.3, -0.25) is 9.59 Å². The highest BCUT2D eigenvalue weighted by molar-refractivity contribution is 7.10. The number of likely N-dealkylation sites (tertiary alicyclic amines) is 1. The molecule has 4 atom stereocenters. The summed E-state index contributed by atoms with van der Waals surface area (Å²) in [7, 11) is 1.59. The van der Waals surface area contributed by atoms with Gasteiger partial charge in [-0.25, -0.2) is 4.79 Å².